The molecule has 1 heterocycles. The van der Waals surface area contributed by atoms with Crippen LogP contribution in [-0.4, -0.2) is 68.5 Å². The molecule has 3 N–H and O–H groups in total. The number of nitrogens with one attached hydrogen (secondary N) is 1. The lowest BCUT2D eigenvalue weighted by Crippen LogP contribution is -2.48. The van der Waals surface area contributed by atoms with Crippen molar-refractivity contribution in [1.82, 2.24) is 15.1 Å². The first-order valence-electron chi connectivity index (χ1n) is 5.06. The zero-order chi connectivity index (χ0) is 11.3. The van der Waals surface area contributed by atoms with Crippen molar-refractivity contribution in [1.29, 1.82) is 0 Å². The van der Waals surface area contributed by atoms with Gasteiger partial charge in [0.15, 0.2) is 5.96 Å². The Labute approximate surface area is 90.1 Å². The summed E-state index contributed by atoms with van der Waals surface area (Å²) in [6.07, 6.45) is 0. The molecule has 86 valence electrons. The average Bonchev–Trinajstić information content (AvgIpc) is 2.17. The molecule has 0 spiro atoms. The highest BCUT2D eigenvalue weighted by Gasteiger charge is 2.14. The second-order valence-electron chi connectivity index (χ2n) is 3.76. The Kier molecular flexibility index (Phi) is 4.36. The van der Waals surface area contributed by atoms with E-state index in [2.05, 4.69) is 15.2 Å². The van der Waals surface area contributed by atoms with Gasteiger partial charge < -0.3 is 16.0 Å². The molecule has 1 fully saturated rings. The lowest BCUT2D eigenvalue weighted by Gasteiger charge is -2.25. The van der Waals surface area contributed by atoms with Gasteiger partial charge >= 0.3 is 0 Å². The summed E-state index contributed by atoms with van der Waals surface area (Å²) in [7, 11) is 3.71. The van der Waals surface area contributed by atoms with Gasteiger partial charge in [0.1, 0.15) is 0 Å². The zero-order valence-electron chi connectivity index (χ0n) is 9.36. The molecule has 0 atom stereocenters. The summed E-state index contributed by atoms with van der Waals surface area (Å²) in [5, 5.41) is 2.78. The highest BCUT2D eigenvalue weighted by molar-refractivity contribution is 5.78. The highest BCUT2D eigenvalue weighted by Crippen LogP contribution is 1.92. The summed E-state index contributed by atoms with van der Waals surface area (Å²) >= 11 is 0. The van der Waals surface area contributed by atoms with Crippen molar-refractivity contribution < 1.29 is 4.79 Å². The first kappa shape index (κ1) is 11.8. The molecule has 0 unspecified atom stereocenters. The number of nitrogens with two attached hydrogens (primary N) is 1. The maximum Gasteiger partial charge on any atom is 0.234 e. The molecule has 1 amide bonds. The minimum absolute atomic E-state index is 0.0887. The molecule has 0 bridgehead atoms. The number of piperazine rings is 1. The number of guanidine groups is 1. The predicted molar refractivity (Wildman–Crippen MR) is 59.6 cm³/mol. The minimum atomic E-state index is 0.0887. The van der Waals surface area contributed by atoms with Crippen molar-refractivity contribution in [3.8, 4) is 0 Å². The fourth-order valence-electron chi connectivity index (χ4n) is 1.33. The molecule has 0 saturated carbocycles. The zero-order valence-corrected chi connectivity index (χ0v) is 9.36. The molecule has 6 nitrogen and oxygen atoms in total. The number of hydrogen-bond acceptors (Lipinski definition) is 3. The lowest BCUT2D eigenvalue weighted by molar-refractivity contribution is -0.124. The van der Waals surface area contributed by atoms with E-state index < -0.39 is 0 Å². The molecule has 0 aliphatic carbocycles. The topological polar surface area (TPSA) is 74.0 Å². The number of amides is 1. The first-order chi connectivity index (χ1) is 7.09. The quantitative estimate of drug-likeness (QED) is 0.433. The molecule has 0 aromatic heterocycles. The smallest absolute Gasteiger partial charge is 0.234 e. The number of carbonyl (C=O) groups is 1. The van der Waals surface area contributed by atoms with Crippen LogP contribution in [0.5, 0.6) is 0 Å². The summed E-state index contributed by atoms with van der Waals surface area (Å²) < 4.78 is 0. The Morgan fingerprint density at radius 2 is 2.40 bits per heavy atom. The van der Waals surface area contributed by atoms with Crippen LogP contribution in [0.4, 0.5) is 0 Å². The number of hydrogen-bond donors (Lipinski definition) is 2. The molecule has 1 aliphatic rings. The van der Waals surface area contributed by atoms with E-state index >= 15 is 0 Å². The van der Waals surface area contributed by atoms with E-state index in [1.807, 2.05) is 14.1 Å². The third kappa shape index (κ3) is 4.16. The van der Waals surface area contributed by atoms with Gasteiger partial charge in [0.05, 0.1) is 13.1 Å². The Bertz CT molecular complexity index is 251. The highest BCUT2D eigenvalue weighted by atomic mass is 16.2. The van der Waals surface area contributed by atoms with Crippen molar-refractivity contribution >= 4 is 11.9 Å². The van der Waals surface area contributed by atoms with E-state index in [0.29, 0.717) is 19.0 Å². The van der Waals surface area contributed by atoms with Crippen LogP contribution in [0.2, 0.25) is 0 Å². The van der Waals surface area contributed by atoms with Gasteiger partial charge in [-0.1, -0.05) is 0 Å². The first-order valence-corrected chi connectivity index (χ1v) is 5.06. The number of nitrogens with zero attached hydrogens (tertiary/aromatic N) is 3. The average molecular weight is 213 g/mol. The molecule has 1 aliphatic heterocycles. The number of rotatable bonds is 3. The normalized spacial score (nSPS) is 18.8. The van der Waals surface area contributed by atoms with Gasteiger partial charge in [-0.3, -0.25) is 14.7 Å². The molecular formula is C9H19N5O. The molecule has 0 radical (unpaired) electrons. The monoisotopic (exact) mass is 213 g/mol. The maximum atomic E-state index is 11.1. The van der Waals surface area contributed by atoms with Crippen LogP contribution in [0.25, 0.3) is 0 Å². The van der Waals surface area contributed by atoms with Gasteiger partial charge in [0.2, 0.25) is 5.91 Å². The Morgan fingerprint density at radius 1 is 1.67 bits per heavy atom. The second-order valence-corrected chi connectivity index (χ2v) is 3.76. The van der Waals surface area contributed by atoms with Gasteiger partial charge in [-0.15, -0.1) is 0 Å². The van der Waals surface area contributed by atoms with Crippen LogP contribution < -0.4 is 11.1 Å². The van der Waals surface area contributed by atoms with E-state index in [1.165, 1.54) is 0 Å². The van der Waals surface area contributed by atoms with Crippen molar-refractivity contribution in [3.63, 3.8) is 0 Å². The van der Waals surface area contributed by atoms with Crippen LogP contribution in [0.3, 0.4) is 0 Å². The van der Waals surface area contributed by atoms with E-state index in [4.69, 9.17) is 5.73 Å². The molecule has 1 saturated heterocycles. The van der Waals surface area contributed by atoms with Gasteiger partial charge in [-0.05, 0) is 0 Å². The summed E-state index contributed by atoms with van der Waals surface area (Å²) in [6.45, 7) is 3.51. The SMILES string of the molecule is CN(C)C(N)=NCCN1CCNC(=O)C1. The molecule has 6 heteroatoms. The Morgan fingerprint density at radius 3 is 3.00 bits per heavy atom. The standard InChI is InChI=1S/C9H19N5O/c1-13(2)9(10)12-4-6-14-5-3-11-8(15)7-14/h3-7H2,1-2H3,(H2,10,12)(H,11,15). The summed E-state index contributed by atoms with van der Waals surface area (Å²) in [5.74, 6) is 0.613. The third-order valence-corrected chi connectivity index (χ3v) is 2.27. The summed E-state index contributed by atoms with van der Waals surface area (Å²) in [4.78, 5) is 19.1. The van der Waals surface area contributed by atoms with Crippen molar-refractivity contribution in [2.24, 2.45) is 10.7 Å². The Hall–Kier alpha value is -1.30. The van der Waals surface area contributed by atoms with Crippen LogP contribution >= 0.6 is 0 Å². The lowest BCUT2D eigenvalue weighted by atomic mass is 10.3. The van der Waals surface area contributed by atoms with E-state index in [-0.39, 0.29) is 5.91 Å². The summed E-state index contributed by atoms with van der Waals surface area (Å²) in [5.41, 5.74) is 5.64. The Balaban J connectivity index is 2.25. The van der Waals surface area contributed by atoms with Crippen molar-refractivity contribution in [3.05, 3.63) is 0 Å². The predicted octanol–water partition coefficient (Wildman–Crippen LogP) is -1.71. The van der Waals surface area contributed by atoms with E-state index in [1.54, 1.807) is 4.90 Å². The fourth-order valence-corrected chi connectivity index (χ4v) is 1.33. The largest absolute Gasteiger partial charge is 0.370 e. The molecule has 15 heavy (non-hydrogen) atoms. The third-order valence-electron chi connectivity index (χ3n) is 2.27. The number of aliphatic imine (C=N–C) groups is 1. The van der Waals surface area contributed by atoms with E-state index in [0.717, 1.165) is 19.6 Å². The molecular weight excluding hydrogens is 194 g/mol. The van der Waals surface area contributed by atoms with E-state index in [9.17, 15) is 4.79 Å². The van der Waals surface area contributed by atoms with Crippen LogP contribution in [-0.2, 0) is 4.79 Å². The van der Waals surface area contributed by atoms with Crippen LogP contribution in [0.1, 0.15) is 0 Å². The second kappa shape index (κ2) is 5.55. The minimum Gasteiger partial charge on any atom is -0.370 e. The van der Waals surface area contributed by atoms with Crippen LogP contribution in [0, 0.1) is 0 Å². The summed E-state index contributed by atoms with van der Waals surface area (Å²) in [6, 6.07) is 0. The van der Waals surface area contributed by atoms with Gasteiger partial charge in [-0.25, -0.2) is 0 Å². The maximum absolute atomic E-state index is 11.1. The van der Waals surface area contributed by atoms with Gasteiger partial charge in [-0.2, -0.15) is 0 Å². The van der Waals surface area contributed by atoms with Crippen molar-refractivity contribution in [2.45, 2.75) is 0 Å². The fraction of sp³-hybridized carbons (Fsp3) is 0.778. The molecule has 0 aromatic carbocycles. The van der Waals surface area contributed by atoms with Crippen molar-refractivity contribution in [2.75, 3.05) is 46.8 Å². The van der Waals surface area contributed by atoms with Gasteiger partial charge in [0.25, 0.3) is 0 Å². The molecule has 0 aromatic rings. The van der Waals surface area contributed by atoms with Gasteiger partial charge in [0, 0.05) is 33.7 Å². The molecule has 1 rings (SSSR count). The number of carbonyl (C=O) groups excluding carboxylic acids is 1. The van der Waals surface area contributed by atoms with Crippen LogP contribution in [0.15, 0.2) is 4.99 Å².